The Bertz CT molecular complexity index is 417. The van der Waals surface area contributed by atoms with Crippen LogP contribution in [0.1, 0.15) is 22.5 Å². The SMILES string of the molecule is Cc1cc(Br)oc1C(=O)N1CCCN(C)CC1. The molecule has 5 heteroatoms. The summed E-state index contributed by atoms with van der Waals surface area (Å²) >= 11 is 3.25. The molecule has 1 fully saturated rings. The van der Waals surface area contributed by atoms with Crippen molar-refractivity contribution in [2.24, 2.45) is 0 Å². The number of amides is 1. The number of hydrogen-bond donors (Lipinski definition) is 0. The van der Waals surface area contributed by atoms with Gasteiger partial charge < -0.3 is 14.2 Å². The van der Waals surface area contributed by atoms with Crippen LogP contribution in [0.25, 0.3) is 0 Å². The predicted molar refractivity (Wildman–Crippen MR) is 69.2 cm³/mol. The van der Waals surface area contributed by atoms with E-state index in [9.17, 15) is 4.79 Å². The number of hydrogen-bond acceptors (Lipinski definition) is 3. The number of nitrogens with zero attached hydrogens (tertiary/aromatic N) is 2. The molecule has 0 atom stereocenters. The van der Waals surface area contributed by atoms with Gasteiger partial charge >= 0.3 is 0 Å². The molecule has 0 aliphatic carbocycles. The molecular formula is C12H17BrN2O2. The largest absolute Gasteiger partial charge is 0.444 e. The van der Waals surface area contributed by atoms with Crippen LogP contribution in [0.2, 0.25) is 0 Å². The fourth-order valence-corrected chi connectivity index (χ4v) is 2.55. The molecule has 1 aromatic heterocycles. The van der Waals surface area contributed by atoms with E-state index in [1.165, 1.54) is 0 Å². The third-order valence-corrected chi connectivity index (χ3v) is 3.48. The zero-order valence-corrected chi connectivity index (χ0v) is 11.8. The molecule has 0 spiro atoms. The number of carbonyl (C=O) groups excluding carboxylic acids is 1. The van der Waals surface area contributed by atoms with Crippen LogP contribution in [0.4, 0.5) is 0 Å². The standard InChI is InChI=1S/C12H17BrN2O2/c1-9-8-10(13)17-11(9)12(16)15-5-3-4-14(2)6-7-15/h8H,3-7H2,1-2H3. The van der Waals surface area contributed by atoms with Gasteiger partial charge in [0, 0.05) is 25.2 Å². The maximum absolute atomic E-state index is 12.3. The average molecular weight is 301 g/mol. The van der Waals surface area contributed by atoms with Crippen LogP contribution < -0.4 is 0 Å². The summed E-state index contributed by atoms with van der Waals surface area (Å²) in [5.41, 5.74) is 0.888. The second-order valence-electron chi connectivity index (χ2n) is 4.51. The summed E-state index contributed by atoms with van der Waals surface area (Å²) in [5.74, 6) is 0.463. The molecule has 1 aliphatic heterocycles. The highest BCUT2D eigenvalue weighted by Gasteiger charge is 2.23. The number of halogens is 1. The Kier molecular flexibility index (Phi) is 3.89. The molecule has 2 rings (SSSR count). The van der Waals surface area contributed by atoms with Crippen molar-refractivity contribution in [3.63, 3.8) is 0 Å². The third kappa shape index (κ3) is 2.90. The number of aryl methyl sites for hydroxylation is 1. The van der Waals surface area contributed by atoms with E-state index in [1.807, 2.05) is 17.9 Å². The Morgan fingerprint density at radius 2 is 2.12 bits per heavy atom. The van der Waals surface area contributed by atoms with Gasteiger partial charge in [-0.3, -0.25) is 4.79 Å². The van der Waals surface area contributed by atoms with Crippen LogP contribution in [-0.2, 0) is 0 Å². The van der Waals surface area contributed by atoms with Crippen molar-refractivity contribution in [1.82, 2.24) is 9.80 Å². The number of furan rings is 1. The summed E-state index contributed by atoms with van der Waals surface area (Å²) in [5, 5.41) is 0. The van der Waals surface area contributed by atoms with Crippen molar-refractivity contribution >= 4 is 21.8 Å². The first kappa shape index (κ1) is 12.6. The maximum atomic E-state index is 12.3. The van der Waals surface area contributed by atoms with Crippen LogP contribution >= 0.6 is 15.9 Å². The quantitative estimate of drug-likeness (QED) is 0.797. The Morgan fingerprint density at radius 3 is 2.76 bits per heavy atom. The lowest BCUT2D eigenvalue weighted by Crippen LogP contribution is -2.34. The van der Waals surface area contributed by atoms with E-state index in [2.05, 4.69) is 27.9 Å². The van der Waals surface area contributed by atoms with Crippen molar-refractivity contribution in [3.05, 3.63) is 22.1 Å². The van der Waals surface area contributed by atoms with E-state index in [0.717, 1.165) is 38.2 Å². The van der Waals surface area contributed by atoms with Crippen molar-refractivity contribution in [2.45, 2.75) is 13.3 Å². The van der Waals surface area contributed by atoms with Crippen molar-refractivity contribution < 1.29 is 9.21 Å². The minimum Gasteiger partial charge on any atom is -0.444 e. The van der Waals surface area contributed by atoms with Crippen molar-refractivity contribution in [2.75, 3.05) is 33.2 Å². The molecule has 0 bridgehead atoms. The highest BCUT2D eigenvalue weighted by atomic mass is 79.9. The lowest BCUT2D eigenvalue weighted by molar-refractivity contribution is 0.0728. The lowest BCUT2D eigenvalue weighted by Gasteiger charge is -2.19. The molecule has 94 valence electrons. The van der Waals surface area contributed by atoms with Gasteiger partial charge in [0.15, 0.2) is 10.4 Å². The highest BCUT2D eigenvalue weighted by Crippen LogP contribution is 2.21. The lowest BCUT2D eigenvalue weighted by atomic mass is 10.2. The first-order valence-corrected chi connectivity index (χ1v) is 6.61. The third-order valence-electron chi connectivity index (χ3n) is 3.09. The van der Waals surface area contributed by atoms with Gasteiger partial charge in [-0.25, -0.2) is 0 Å². The summed E-state index contributed by atoms with van der Waals surface area (Å²) in [6.07, 6.45) is 1.02. The fraction of sp³-hybridized carbons (Fsp3) is 0.583. The second-order valence-corrected chi connectivity index (χ2v) is 5.29. The first-order chi connectivity index (χ1) is 8.08. The number of carbonyl (C=O) groups is 1. The summed E-state index contributed by atoms with van der Waals surface area (Å²) in [6.45, 7) is 5.44. The van der Waals surface area contributed by atoms with Gasteiger partial charge in [-0.05, 0) is 48.9 Å². The zero-order chi connectivity index (χ0) is 12.4. The molecule has 1 saturated heterocycles. The minimum absolute atomic E-state index is 0.00324. The molecule has 1 aromatic rings. The van der Waals surface area contributed by atoms with E-state index < -0.39 is 0 Å². The Hall–Kier alpha value is -0.810. The first-order valence-electron chi connectivity index (χ1n) is 5.81. The van der Waals surface area contributed by atoms with Crippen LogP contribution in [0.3, 0.4) is 0 Å². The molecule has 1 amide bonds. The molecule has 0 radical (unpaired) electrons. The van der Waals surface area contributed by atoms with Crippen LogP contribution in [-0.4, -0.2) is 48.9 Å². The fourth-order valence-electron chi connectivity index (χ4n) is 2.05. The number of rotatable bonds is 1. The van der Waals surface area contributed by atoms with E-state index in [-0.39, 0.29) is 5.91 Å². The van der Waals surface area contributed by atoms with Crippen LogP contribution in [0.15, 0.2) is 15.2 Å². The molecule has 0 unspecified atom stereocenters. The Morgan fingerprint density at radius 1 is 1.35 bits per heavy atom. The van der Waals surface area contributed by atoms with Crippen molar-refractivity contribution in [3.8, 4) is 0 Å². The van der Waals surface area contributed by atoms with E-state index in [0.29, 0.717) is 10.4 Å². The maximum Gasteiger partial charge on any atom is 0.289 e. The highest BCUT2D eigenvalue weighted by molar-refractivity contribution is 9.10. The van der Waals surface area contributed by atoms with Gasteiger partial charge in [-0.1, -0.05) is 0 Å². The molecule has 2 heterocycles. The molecule has 0 saturated carbocycles. The van der Waals surface area contributed by atoms with Gasteiger partial charge in [-0.15, -0.1) is 0 Å². The van der Waals surface area contributed by atoms with E-state index in [4.69, 9.17) is 4.42 Å². The monoisotopic (exact) mass is 300 g/mol. The van der Waals surface area contributed by atoms with E-state index >= 15 is 0 Å². The smallest absolute Gasteiger partial charge is 0.289 e. The summed E-state index contributed by atoms with van der Waals surface area (Å²) in [7, 11) is 2.09. The topological polar surface area (TPSA) is 36.7 Å². The molecule has 17 heavy (non-hydrogen) atoms. The van der Waals surface area contributed by atoms with Crippen LogP contribution in [0, 0.1) is 6.92 Å². The summed E-state index contributed by atoms with van der Waals surface area (Å²) in [4.78, 5) is 16.4. The summed E-state index contributed by atoms with van der Waals surface area (Å²) < 4.78 is 6.02. The van der Waals surface area contributed by atoms with Gasteiger partial charge in [-0.2, -0.15) is 0 Å². The normalized spacial score (nSPS) is 18.2. The Labute approximate surface area is 110 Å². The molecule has 0 aromatic carbocycles. The Balaban J connectivity index is 2.11. The van der Waals surface area contributed by atoms with E-state index in [1.54, 1.807) is 0 Å². The van der Waals surface area contributed by atoms with Gasteiger partial charge in [0.25, 0.3) is 5.91 Å². The average Bonchev–Trinajstić information content (AvgIpc) is 2.49. The molecule has 0 N–H and O–H groups in total. The predicted octanol–water partition coefficient (Wildman–Crippen LogP) is 2.13. The second kappa shape index (κ2) is 5.23. The minimum atomic E-state index is 0.00324. The number of likely N-dealkylation sites (N-methyl/N-ethyl adjacent to an activating group) is 1. The molecule has 4 nitrogen and oxygen atoms in total. The van der Waals surface area contributed by atoms with Gasteiger partial charge in [0.05, 0.1) is 0 Å². The summed E-state index contributed by atoms with van der Waals surface area (Å²) in [6, 6.07) is 1.83. The van der Waals surface area contributed by atoms with Crippen molar-refractivity contribution in [1.29, 1.82) is 0 Å². The molecule has 1 aliphatic rings. The molecular weight excluding hydrogens is 284 g/mol. The zero-order valence-electron chi connectivity index (χ0n) is 10.2. The van der Waals surface area contributed by atoms with Gasteiger partial charge in [0.2, 0.25) is 0 Å². The van der Waals surface area contributed by atoms with Crippen LogP contribution in [0.5, 0.6) is 0 Å². The van der Waals surface area contributed by atoms with Gasteiger partial charge in [0.1, 0.15) is 0 Å².